The Morgan fingerprint density at radius 1 is 1.00 bits per heavy atom. The van der Waals surface area contributed by atoms with Crippen molar-refractivity contribution in [3.05, 3.63) is 71.0 Å². The van der Waals surface area contributed by atoms with Crippen molar-refractivity contribution in [2.75, 3.05) is 18.4 Å². The summed E-state index contributed by atoms with van der Waals surface area (Å²) >= 11 is 0. The molecule has 188 valence electrons. The topological polar surface area (TPSA) is 121 Å². The third kappa shape index (κ3) is 4.84. The summed E-state index contributed by atoms with van der Waals surface area (Å²) < 4.78 is 70.6. The van der Waals surface area contributed by atoms with E-state index in [-0.39, 0.29) is 29.7 Å². The van der Waals surface area contributed by atoms with Crippen molar-refractivity contribution in [3.63, 3.8) is 0 Å². The van der Waals surface area contributed by atoms with Gasteiger partial charge in [-0.3, -0.25) is 4.98 Å². The largest absolute Gasteiger partial charge is 0.418 e. The molecule has 0 amide bonds. The monoisotopic (exact) mass is 519 g/mol. The average molecular weight is 520 g/mol. The lowest BCUT2D eigenvalue weighted by molar-refractivity contribution is -0.137. The first-order chi connectivity index (χ1) is 17.1. The quantitative estimate of drug-likeness (QED) is 0.411. The molecule has 0 aliphatic carbocycles. The number of aromatic nitrogens is 3. The highest BCUT2D eigenvalue weighted by Gasteiger charge is 2.32. The van der Waals surface area contributed by atoms with Crippen molar-refractivity contribution >= 4 is 27.1 Å². The Morgan fingerprint density at radius 2 is 1.72 bits per heavy atom. The number of oxazole rings is 1. The van der Waals surface area contributed by atoms with Crippen LogP contribution in [0.25, 0.3) is 22.4 Å². The fraction of sp³-hybridized carbons (Fsp3) is 0.261. The molecule has 3 aromatic heterocycles. The van der Waals surface area contributed by atoms with Crippen LogP contribution < -0.4 is 11.1 Å². The summed E-state index contributed by atoms with van der Waals surface area (Å²) in [5, 5.41) is 3.08. The molecular weight excluding hydrogens is 499 g/mol. The van der Waals surface area contributed by atoms with Crippen molar-refractivity contribution in [1.82, 2.24) is 19.3 Å². The Hall–Kier alpha value is -3.71. The lowest BCUT2D eigenvalue weighted by atomic mass is 10.1. The van der Waals surface area contributed by atoms with E-state index < -0.39 is 27.5 Å². The number of aromatic amines is 1. The van der Waals surface area contributed by atoms with E-state index in [0.717, 1.165) is 17.8 Å². The SMILES string of the molecule is O=c1[nH]c2cc(-c3ccc(S(=O)(=O)N4CCC(Nc5ccc(C(F)(F)F)cn5)CC4)cc3)cnc2o1. The zero-order valence-corrected chi connectivity index (χ0v) is 19.4. The van der Waals surface area contributed by atoms with Gasteiger partial charge in [0.1, 0.15) is 11.3 Å². The van der Waals surface area contributed by atoms with Gasteiger partial charge in [0.05, 0.1) is 10.5 Å². The second-order valence-electron chi connectivity index (χ2n) is 8.37. The van der Waals surface area contributed by atoms with Gasteiger partial charge in [0.15, 0.2) is 0 Å². The average Bonchev–Trinajstić information content (AvgIpc) is 3.23. The maximum absolute atomic E-state index is 13.1. The molecule has 0 saturated carbocycles. The van der Waals surface area contributed by atoms with Crippen molar-refractivity contribution in [1.29, 1.82) is 0 Å². The van der Waals surface area contributed by atoms with Gasteiger partial charge in [-0.2, -0.15) is 17.5 Å². The van der Waals surface area contributed by atoms with Crippen LogP contribution in [-0.4, -0.2) is 46.8 Å². The molecule has 1 saturated heterocycles. The van der Waals surface area contributed by atoms with E-state index in [1.807, 2.05) is 0 Å². The van der Waals surface area contributed by atoms with Crippen LogP contribution in [0.2, 0.25) is 0 Å². The molecule has 1 fully saturated rings. The minimum Gasteiger partial charge on any atom is -0.389 e. The van der Waals surface area contributed by atoms with Crippen molar-refractivity contribution in [3.8, 4) is 11.1 Å². The first-order valence-electron chi connectivity index (χ1n) is 11.0. The summed E-state index contributed by atoms with van der Waals surface area (Å²) in [5.41, 5.74) is 1.21. The predicted octanol–water partition coefficient (Wildman–Crippen LogP) is 3.86. The molecule has 0 spiro atoms. The number of benzene rings is 1. The van der Waals surface area contributed by atoms with Crippen LogP contribution in [0.15, 0.2) is 69.0 Å². The Morgan fingerprint density at radius 3 is 2.36 bits per heavy atom. The first-order valence-corrected chi connectivity index (χ1v) is 12.4. The highest BCUT2D eigenvalue weighted by molar-refractivity contribution is 7.89. The molecular formula is C23H20F3N5O4S. The van der Waals surface area contributed by atoms with Gasteiger partial charge in [-0.05, 0) is 48.7 Å². The first kappa shape index (κ1) is 24.0. The molecule has 0 unspecified atom stereocenters. The summed E-state index contributed by atoms with van der Waals surface area (Å²) in [5.74, 6) is -0.294. The minimum atomic E-state index is -4.45. The standard InChI is InChI=1S/C23H20F3N5O4S/c24-23(25,26)16-3-6-20(27-13-16)29-17-7-9-31(10-8-17)36(33,34)18-4-1-14(2-5-18)15-11-19-21(28-12-15)35-22(32)30-19/h1-6,11-13,17H,7-10H2,(H,27,29)(H,30,32). The minimum absolute atomic E-state index is 0.111. The smallest absolute Gasteiger partial charge is 0.389 e. The van der Waals surface area contributed by atoms with E-state index in [1.54, 1.807) is 18.2 Å². The number of nitrogens with zero attached hydrogens (tertiary/aromatic N) is 3. The number of fused-ring (bicyclic) bond motifs is 1. The fourth-order valence-electron chi connectivity index (χ4n) is 4.07. The van der Waals surface area contributed by atoms with Crippen molar-refractivity contribution in [2.45, 2.75) is 30.0 Å². The maximum Gasteiger partial charge on any atom is 0.418 e. The molecule has 9 nitrogen and oxygen atoms in total. The van der Waals surface area contributed by atoms with E-state index in [4.69, 9.17) is 4.42 Å². The van der Waals surface area contributed by atoms with E-state index in [0.29, 0.717) is 29.7 Å². The van der Waals surface area contributed by atoms with Crippen LogP contribution in [0, 0.1) is 0 Å². The highest BCUT2D eigenvalue weighted by Crippen LogP contribution is 2.30. The molecule has 13 heteroatoms. The van der Waals surface area contributed by atoms with Gasteiger partial charge >= 0.3 is 11.9 Å². The normalized spacial score (nSPS) is 15.9. The van der Waals surface area contributed by atoms with E-state index in [1.165, 1.54) is 28.7 Å². The summed E-state index contributed by atoms with van der Waals surface area (Å²) in [6.45, 7) is 0.521. The Kier molecular flexibility index (Phi) is 6.04. The fourth-order valence-corrected chi connectivity index (χ4v) is 5.54. The number of piperidine rings is 1. The summed E-state index contributed by atoms with van der Waals surface area (Å²) in [7, 11) is -3.72. The summed E-state index contributed by atoms with van der Waals surface area (Å²) in [6.07, 6.45) is -1.18. The molecule has 5 rings (SSSR count). The number of sulfonamides is 1. The van der Waals surface area contributed by atoms with Gasteiger partial charge in [0.25, 0.3) is 0 Å². The summed E-state index contributed by atoms with van der Waals surface area (Å²) in [4.78, 5) is 21.9. The second-order valence-corrected chi connectivity index (χ2v) is 10.3. The number of alkyl halides is 3. The van der Waals surface area contributed by atoms with Crippen LogP contribution in [0.5, 0.6) is 0 Å². The zero-order chi connectivity index (χ0) is 25.5. The molecule has 0 atom stereocenters. The third-order valence-electron chi connectivity index (χ3n) is 6.00. The van der Waals surface area contributed by atoms with Gasteiger partial charge in [-0.1, -0.05) is 12.1 Å². The number of hydrogen-bond donors (Lipinski definition) is 2. The maximum atomic E-state index is 13.1. The molecule has 1 aliphatic heterocycles. The highest BCUT2D eigenvalue weighted by atomic mass is 32.2. The predicted molar refractivity (Wildman–Crippen MR) is 125 cm³/mol. The van der Waals surface area contributed by atoms with Crippen LogP contribution in [0.3, 0.4) is 0 Å². The third-order valence-corrected chi connectivity index (χ3v) is 7.91. The molecule has 4 aromatic rings. The Labute approximate surface area is 203 Å². The second kappa shape index (κ2) is 9.06. The number of rotatable bonds is 5. The van der Waals surface area contributed by atoms with Crippen LogP contribution in [0.4, 0.5) is 19.0 Å². The van der Waals surface area contributed by atoms with Gasteiger partial charge in [-0.15, -0.1) is 0 Å². The van der Waals surface area contributed by atoms with E-state index in [2.05, 4.69) is 20.3 Å². The van der Waals surface area contributed by atoms with Crippen LogP contribution in [-0.2, 0) is 16.2 Å². The number of hydrogen-bond acceptors (Lipinski definition) is 7. The van der Waals surface area contributed by atoms with Crippen molar-refractivity contribution in [2.24, 2.45) is 0 Å². The number of anilines is 1. The number of H-pyrrole nitrogens is 1. The van der Waals surface area contributed by atoms with Crippen LogP contribution in [0.1, 0.15) is 18.4 Å². The van der Waals surface area contributed by atoms with Gasteiger partial charge in [-0.25, -0.2) is 23.2 Å². The number of nitrogens with one attached hydrogen (secondary N) is 2. The molecule has 1 aromatic carbocycles. The lowest BCUT2D eigenvalue weighted by Gasteiger charge is -2.32. The molecule has 1 aliphatic rings. The van der Waals surface area contributed by atoms with Gasteiger partial charge < -0.3 is 9.73 Å². The van der Waals surface area contributed by atoms with Gasteiger partial charge in [0, 0.05) is 37.1 Å². The Bertz CT molecular complexity index is 1540. The number of halogens is 3. The molecule has 0 bridgehead atoms. The Balaban J connectivity index is 1.23. The molecule has 4 heterocycles. The van der Waals surface area contributed by atoms with Crippen molar-refractivity contribution < 1.29 is 26.0 Å². The van der Waals surface area contributed by atoms with E-state index >= 15 is 0 Å². The van der Waals surface area contributed by atoms with Crippen LogP contribution >= 0.6 is 0 Å². The van der Waals surface area contributed by atoms with Gasteiger partial charge in [0.2, 0.25) is 15.7 Å². The zero-order valence-electron chi connectivity index (χ0n) is 18.6. The number of pyridine rings is 2. The summed E-state index contributed by atoms with van der Waals surface area (Å²) in [6, 6.07) is 10.2. The lowest BCUT2D eigenvalue weighted by Crippen LogP contribution is -2.42. The molecule has 2 N–H and O–H groups in total. The van der Waals surface area contributed by atoms with E-state index in [9.17, 15) is 26.4 Å². The molecule has 36 heavy (non-hydrogen) atoms. The molecule has 0 radical (unpaired) electrons.